The normalized spacial score (nSPS) is 13.5. The average molecular weight is 779 g/mol. The predicted octanol–water partition coefficient (Wildman–Crippen LogP) is 16.4. The van der Waals surface area contributed by atoms with E-state index in [1.165, 1.54) is 74.9 Å². The molecule has 2 nitrogen and oxygen atoms in total. The number of nitrogens with zero attached hydrogens (tertiary/aromatic N) is 2. The maximum absolute atomic E-state index is 2.41. The molecule has 1 saturated carbocycles. The Kier molecular flexibility index (Phi) is 11.0. The van der Waals surface area contributed by atoms with Gasteiger partial charge in [0, 0.05) is 39.5 Å². The number of benzene rings is 8. The van der Waals surface area contributed by atoms with Crippen molar-refractivity contribution >= 4 is 34.1 Å². The van der Waals surface area contributed by atoms with Gasteiger partial charge in [-0.15, -0.1) is 0 Å². The summed E-state index contributed by atoms with van der Waals surface area (Å²) in [6.45, 7) is 8.67. The van der Waals surface area contributed by atoms with E-state index in [1.807, 2.05) is 0 Å². The van der Waals surface area contributed by atoms with Gasteiger partial charge in [-0.05, 0) is 158 Å². The Labute approximate surface area is 357 Å². The number of hydrogen-bond acceptors (Lipinski definition) is 2. The van der Waals surface area contributed by atoms with Crippen molar-refractivity contribution in [3.63, 3.8) is 0 Å². The number of aryl methyl sites for hydroxylation is 4. The Morgan fingerprint density at radius 3 is 0.950 bits per heavy atom. The molecule has 0 heterocycles. The van der Waals surface area contributed by atoms with Crippen molar-refractivity contribution in [1.82, 2.24) is 0 Å². The second-order valence-electron chi connectivity index (χ2n) is 16.8. The molecule has 1 aliphatic rings. The summed E-state index contributed by atoms with van der Waals surface area (Å²) >= 11 is 0. The first-order valence-electron chi connectivity index (χ1n) is 21.6. The van der Waals surface area contributed by atoms with E-state index in [2.05, 4.69) is 232 Å². The third kappa shape index (κ3) is 7.78. The molecule has 0 saturated heterocycles. The first kappa shape index (κ1) is 38.9. The zero-order valence-corrected chi connectivity index (χ0v) is 35.4. The van der Waals surface area contributed by atoms with E-state index in [-0.39, 0.29) is 5.41 Å². The van der Waals surface area contributed by atoms with E-state index in [4.69, 9.17) is 0 Å². The van der Waals surface area contributed by atoms with Crippen LogP contribution in [0, 0.1) is 27.7 Å². The lowest BCUT2D eigenvalue weighted by atomic mass is 9.65. The van der Waals surface area contributed by atoms with E-state index in [0.29, 0.717) is 0 Å². The molecule has 60 heavy (non-hydrogen) atoms. The molecule has 0 amide bonds. The minimum Gasteiger partial charge on any atom is -0.311 e. The highest BCUT2D eigenvalue weighted by molar-refractivity contribution is 5.81. The maximum Gasteiger partial charge on any atom is 0.0462 e. The number of hydrogen-bond donors (Lipinski definition) is 0. The summed E-state index contributed by atoms with van der Waals surface area (Å²) in [5.74, 6) is 0. The van der Waals surface area contributed by atoms with Crippen LogP contribution in [-0.4, -0.2) is 0 Å². The highest BCUT2D eigenvalue weighted by Crippen LogP contribution is 2.47. The van der Waals surface area contributed by atoms with Crippen molar-refractivity contribution < 1.29 is 0 Å². The number of anilines is 6. The molecular weight excluding hydrogens is 725 g/mol. The minimum atomic E-state index is -0.0386. The molecule has 2 heteroatoms. The van der Waals surface area contributed by atoms with Gasteiger partial charge in [-0.3, -0.25) is 0 Å². The molecule has 0 spiro atoms. The summed E-state index contributed by atoms with van der Waals surface area (Å²) in [5, 5.41) is 0. The predicted molar refractivity (Wildman–Crippen MR) is 256 cm³/mol. The van der Waals surface area contributed by atoms with Crippen LogP contribution in [0.5, 0.6) is 0 Å². The molecular formula is C58H54N2. The number of rotatable bonds is 10. The Hall–Kier alpha value is -6.64. The van der Waals surface area contributed by atoms with Crippen LogP contribution in [0.15, 0.2) is 194 Å². The van der Waals surface area contributed by atoms with Gasteiger partial charge in [0.25, 0.3) is 0 Å². The first-order chi connectivity index (χ1) is 29.4. The Morgan fingerprint density at radius 2 is 0.617 bits per heavy atom. The van der Waals surface area contributed by atoms with Crippen molar-refractivity contribution in [2.45, 2.75) is 65.2 Å². The molecule has 0 atom stereocenters. The lowest BCUT2D eigenvalue weighted by Crippen LogP contribution is -2.30. The van der Waals surface area contributed by atoms with Crippen molar-refractivity contribution in [3.8, 4) is 22.3 Å². The summed E-state index contributed by atoms with van der Waals surface area (Å²) in [7, 11) is 0. The van der Waals surface area contributed by atoms with Gasteiger partial charge < -0.3 is 9.80 Å². The van der Waals surface area contributed by atoms with Crippen LogP contribution in [0.25, 0.3) is 22.3 Å². The van der Waals surface area contributed by atoms with Gasteiger partial charge in [0.05, 0.1) is 0 Å². The molecule has 0 bridgehead atoms. The quantitative estimate of drug-likeness (QED) is 0.136. The van der Waals surface area contributed by atoms with Crippen molar-refractivity contribution in [3.05, 3.63) is 228 Å². The highest BCUT2D eigenvalue weighted by atomic mass is 15.1. The highest BCUT2D eigenvalue weighted by Gasteiger charge is 2.36. The SMILES string of the molecule is Cc1ccc(N(c2ccc(-c3ccccc3C)cc2)c2ccc(C3(c4ccc(N(c5ccc(C)cc5)c5ccc(-c6ccccc6C)cc5)cc4)CCCCC3)cc2)cc1. The van der Waals surface area contributed by atoms with Crippen molar-refractivity contribution in [2.75, 3.05) is 9.80 Å². The van der Waals surface area contributed by atoms with Crippen LogP contribution in [0.1, 0.15) is 65.5 Å². The molecule has 0 aliphatic heterocycles. The Bertz CT molecular complexity index is 2480. The second-order valence-corrected chi connectivity index (χ2v) is 16.8. The summed E-state index contributed by atoms with van der Waals surface area (Å²) in [6.07, 6.45) is 6.05. The van der Waals surface area contributed by atoms with Crippen LogP contribution in [-0.2, 0) is 5.41 Å². The fourth-order valence-electron chi connectivity index (χ4n) is 9.41. The van der Waals surface area contributed by atoms with Gasteiger partial charge in [0.1, 0.15) is 0 Å². The fourth-order valence-corrected chi connectivity index (χ4v) is 9.41. The molecule has 1 fully saturated rings. The van der Waals surface area contributed by atoms with Gasteiger partial charge in [-0.2, -0.15) is 0 Å². The average Bonchev–Trinajstić information content (AvgIpc) is 3.29. The molecule has 0 N–H and O–H groups in total. The van der Waals surface area contributed by atoms with E-state index < -0.39 is 0 Å². The van der Waals surface area contributed by atoms with Gasteiger partial charge in [-0.25, -0.2) is 0 Å². The lowest BCUT2D eigenvalue weighted by molar-refractivity contribution is 0.346. The van der Waals surface area contributed by atoms with Crippen molar-refractivity contribution in [2.24, 2.45) is 0 Å². The van der Waals surface area contributed by atoms with E-state index in [1.54, 1.807) is 0 Å². The van der Waals surface area contributed by atoms with E-state index in [9.17, 15) is 0 Å². The van der Waals surface area contributed by atoms with Gasteiger partial charge in [-0.1, -0.05) is 152 Å². The van der Waals surface area contributed by atoms with Gasteiger partial charge >= 0.3 is 0 Å². The largest absolute Gasteiger partial charge is 0.311 e. The standard InChI is InChI=1S/C58H54N2/c1-42-16-28-50(29-17-42)59(52-32-20-46(21-33-52)56-14-8-6-12-44(56)3)54-36-24-48(25-37-54)58(40-10-5-11-41-58)49-26-38-55(39-27-49)60(51-30-18-43(2)19-31-51)53-34-22-47(23-35-53)57-15-9-7-13-45(57)4/h6-9,12-39H,5,10-11,40-41H2,1-4H3. The Morgan fingerprint density at radius 1 is 0.317 bits per heavy atom. The fraction of sp³-hybridized carbons (Fsp3) is 0.172. The maximum atomic E-state index is 2.41. The molecule has 0 unspecified atom stereocenters. The minimum absolute atomic E-state index is 0.0386. The lowest BCUT2D eigenvalue weighted by Gasteiger charge is -2.39. The van der Waals surface area contributed by atoms with Crippen molar-refractivity contribution in [1.29, 1.82) is 0 Å². The summed E-state index contributed by atoms with van der Waals surface area (Å²) in [5.41, 5.74) is 19.8. The van der Waals surface area contributed by atoms with Gasteiger partial charge in [0.15, 0.2) is 0 Å². The summed E-state index contributed by atoms with van der Waals surface area (Å²) in [6, 6.07) is 72.1. The third-order valence-corrected chi connectivity index (χ3v) is 12.8. The van der Waals surface area contributed by atoms with Crippen LogP contribution in [0.3, 0.4) is 0 Å². The molecule has 1 aliphatic carbocycles. The van der Waals surface area contributed by atoms with Gasteiger partial charge in [0.2, 0.25) is 0 Å². The topological polar surface area (TPSA) is 6.48 Å². The zero-order chi connectivity index (χ0) is 41.1. The molecule has 8 aromatic carbocycles. The van der Waals surface area contributed by atoms with E-state index in [0.717, 1.165) is 47.0 Å². The third-order valence-electron chi connectivity index (χ3n) is 12.8. The first-order valence-corrected chi connectivity index (χ1v) is 21.6. The molecule has 0 radical (unpaired) electrons. The van der Waals surface area contributed by atoms with Crippen LogP contribution < -0.4 is 9.80 Å². The smallest absolute Gasteiger partial charge is 0.0462 e. The molecule has 9 rings (SSSR count). The molecule has 8 aromatic rings. The van der Waals surface area contributed by atoms with Crippen LogP contribution >= 0.6 is 0 Å². The summed E-state index contributed by atoms with van der Waals surface area (Å²) in [4.78, 5) is 4.78. The summed E-state index contributed by atoms with van der Waals surface area (Å²) < 4.78 is 0. The molecule has 296 valence electrons. The monoisotopic (exact) mass is 778 g/mol. The molecule has 0 aromatic heterocycles. The van der Waals surface area contributed by atoms with E-state index >= 15 is 0 Å². The zero-order valence-electron chi connectivity index (χ0n) is 35.4. The van der Waals surface area contributed by atoms with Crippen LogP contribution in [0.2, 0.25) is 0 Å². The van der Waals surface area contributed by atoms with Crippen LogP contribution in [0.4, 0.5) is 34.1 Å². The Balaban J connectivity index is 1.05. The second kappa shape index (κ2) is 16.9.